The Morgan fingerprint density at radius 1 is 1.25 bits per heavy atom. The topological polar surface area (TPSA) is 114 Å². The molecule has 10 heteroatoms. The Bertz CT molecular complexity index is 1030. The summed E-state index contributed by atoms with van der Waals surface area (Å²) in [6.45, 7) is 3.85. The molecule has 4 heterocycles. The van der Waals surface area contributed by atoms with Gasteiger partial charge in [0, 0.05) is 18.4 Å². The number of nitrogens with one attached hydrogen (secondary N) is 2. The molecular formula is C18H17FN4O5. The number of ether oxygens (including phenoxy) is 1. The number of imide groups is 2. The molecule has 3 atom stereocenters. The number of amides is 4. The van der Waals surface area contributed by atoms with Gasteiger partial charge in [-0.3, -0.25) is 20.2 Å². The summed E-state index contributed by atoms with van der Waals surface area (Å²) in [6.07, 6.45) is 0.489. The second kappa shape index (κ2) is 5.51. The summed E-state index contributed by atoms with van der Waals surface area (Å²) >= 11 is 0. The molecule has 146 valence electrons. The Labute approximate surface area is 158 Å². The van der Waals surface area contributed by atoms with E-state index in [0.717, 1.165) is 0 Å². The van der Waals surface area contributed by atoms with Crippen molar-refractivity contribution in [2.45, 2.75) is 38.5 Å². The third-order valence-corrected chi connectivity index (χ3v) is 5.85. The van der Waals surface area contributed by atoms with E-state index < -0.39 is 41.2 Å². The fraction of sp³-hybridized carbons (Fsp3) is 0.444. The van der Waals surface area contributed by atoms with Gasteiger partial charge in [0.1, 0.15) is 0 Å². The first-order valence-corrected chi connectivity index (χ1v) is 8.97. The van der Waals surface area contributed by atoms with Crippen LogP contribution in [-0.4, -0.2) is 47.8 Å². The van der Waals surface area contributed by atoms with Crippen molar-refractivity contribution >= 4 is 34.5 Å². The average molecular weight is 388 g/mol. The van der Waals surface area contributed by atoms with E-state index in [0.29, 0.717) is 10.9 Å². The molecule has 0 radical (unpaired) electrons. The van der Waals surface area contributed by atoms with Crippen molar-refractivity contribution in [3.63, 3.8) is 0 Å². The molecule has 0 aliphatic carbocycles. The summed E-state index contributed by atoms with van der Waals surface area (Å²) in [4.78, 5) is 39.3. The van der Waals surface area contributed by atoms with E-state index in [-0.39, 0.29) is 30.3 Å². The second-order valence-electron chi connectivity index (χ2n) is 7.58. The van der Waals surface area contributed by atoms with E-state index in [1.165, 1.54) is 6.20 Å². The van der Waals surface area contributed by atoms with E-state index in [4.69, 9.17) is 9.26 Å². The highest BCUT2D eigenvalue weighted by Gasteiger charge is 2.63. The minimum absolute atomic E-state index is 0.0213. The van der Waals surface area contributed by atoms with Gasteiger partial charge in [-0.25, -0.2) is 9.18 Å². The highest BCUT2D eigenvalue weighted by molar-refractivity contribution is 6.20. The summed E-state index contributed by atoms with van der Waals surface area (Å²) < 4.78 is 26.3. The van der Waals surface area contributed by atoms with Crippen molar-refractivity contribution in [3.05, 3.63) is 23.6 Å². The molecule has 3 unspecified atom stereocenters. The first kappa shape index (κ1) is 17.1. The third-order valence-electron chi connectivity index (χ3n) is 5.85. The van der Waals surface area contributed by atoms with Crippen LogP contribution in [0.25, 0.3) is 11.0 Å². The van der Waals surface area contributed by atoms with Crippen molar-refractivity contribution in [2.24, 2.45) is 5.41 Å². The number of carbonyl (C=O) groups is 3. The van der Waals surface area contributed by atoms with Crippen molar-refractivity contribution in [1.82, 2.24) is 15.8 Å². The van der Waals surface area contributed by atoms with Crippen molar-refractivity contribution in [3.8, 4) is 0 Å². The van der Waals surface area contributed by atoms with Gasteiger partial charge in [0.25, 0.3) is 0 Å². The molecule has 1 spiro atoms. The smallest absolute Gasteiger partial charge is 0.328 e. The number of fused-ring (bicyclic) bond motifs is 5. The van der Waals surface area contributed by atoms with Crippen LogP contribution < -0.4 is 15.5 Å². The van der Waals surface area contributed by atoms with E-state index in [2.05, 4.69) is 15.8 Å². The fourth-order valence-corrected chi connectivity index (χ4v) is 4.89. The SMILES string of the molecule is CC1CN2c3c(cc4cnoc4c3F)CC3(C(=O)NC(=O)NC3=O)C2C(C)O1. The lowest BCUT2D eigenvalue weighted by Gasteiger charge is -2.55. The number of benzene rings is 1. The highest BCUT2D eigenvalue weighted by Crippen LogP contribution is 2.48. The number of aromatic nitrogens is 1. The molecule has 2 aromatic rings. The lowest BCUT2D eigenvalue weighted by Crippen LogP contribution is -2.75. The Morgan fingerprint density at radius 2 is 1.96 bits per heavy atom. The predicted octanol–water partition coefficient (Wildman–Crippen LogP) is 0.858. The number of morpholine rings is 1. The molecule has 0 saturated carbocycles. The lowest BCUT2D eigenvalue weighted by atomic mass is 9.66. The van der Waals surface area contributed by atoms with Gasteiger partial charge in [0.05, 0.1) is 30.1 Å². The number of barbiturate groups is 1. The fourth-order valence-electron chi connectivity index (χ4n) is 4.89. The molecule has 28 heavy (non-hydrogen) atoms. The van der Waals surface area contributed by atoms with Gasteiger partial charge < -0.3 is 14.2 Å². The zero-order valence-electron chi connectivity index (χ0n) is 15.1. The van der Waals surface area contributed by atoms with Crippen molar-refractivity contribution in [1.29, 1.82) is 0 Å². The number of hydrogen-bond donors (Lipinski definition) is 2. The van der Waals surface area contributed by atoms with Gasteiger partial charge in [-0.1, -0.05) is 5.16 Å². The van der Waals surface area contributed by atoms with Crippen LogP contribution in [-0.2, 0) is 20.7 Å². The van der Waals surface area contributed by atoms with Gasteiger partial charge in [0.15, 0.2) is 11.2 Å². The zero-order chi connectivity index (χ0) is 19.8. The largest absolute Gasteiger partial charge is 0.372 e. The van der Waals surface area contributed by atoms with Crippen LogP contribution >= 0.6 is 0 Å². The molecule has 5 rings (SSSR count). The van der Waals surface area contributed by atoms with Crippen LogP contribution in [0.15, 0.2) is 16.8 Å². The normalized spacial score (nSPS) is 28.8. The summed E-state index contributed by atoms with van der Waals surface area (Å²) in [5, 5.41) is 8.48. The predicted molar refractivity (Wildman–Crippen MR) is 92.9 cm³/mol. The molecule has 3 aliphatic heterocycles. The van der Waals surface area contributed by atoms with E-state index in [1.54, 1.807) is 17.9 Å². The molecular weight excluding hydrogens is 371 g/mol. The number of rotatable bonds is 0. The minimum Gasteiger partial charge on any atom is -0.372 e. The minimum atomic E-state index is -1.63. The van der Waals surface area contributed by atoms with Gasteiger partial charge >= 0.3 is 6.03 Å². The number of halogens is 1. The maximum absolute atomic E-state index is 15.3. The van der Waals surface area contributed by atoms with Crippen LogP contribution in [0.1, 0.15) is 19.4 Å². The van der Waals surface area contributed by atoms with Gasteiger partial charge in [-0.2, -0.15) is 0 Å². The molecule has 9 nitrogen and oxygen atoms in total. The molecule has 2 fully saturated rings. The molecule has 4 amide bonds. The summed E-state index contributed by atoms with van der Waals surface area (Å²) in [5.41, 5.74) is -0.852. The number of nitrogens with zero attached hydrogens (tertiary/aromatic N) is 2. The van der Waals surface area contributed by atoms with Crippen molar-refractivity contribution in [2.75, 3.05) is 11.4 Å². The number of hydrogen-bond acceptors (Lipinski definition) is 7. The quantitative estimate of drug-likeness (QED) is 0.644. The molecule has 1 aromatic heterocycles. The third kappa shape index (κ3) is 2.03. The molecule has 2 saturated heterocycles. The first-order chi connectivity index (χ1) is 13.3. The van der Waals surface area contributed by atoms with Gasteiger partial charge in [-0.05, 0) is 25.5 Å². The van der Waals surface area contributed by atoms with Crippen LogP contribution in [0.5, 0.6) is 0 Å². The second-order valence-corrected chi connectivity index (χ2v) is 7.58. The van der Waals surface area contributed by atoms with Crippen LogP contribution in [0.4, 0.5) is 14.9 Å². The van der Waals surface area contributed by atoms with E-state index >= 15 is 4.39 Å². The number of urea groups is 1. The highest BCUT2D eigenvalue weighted by atomic mass is 19.1. The standard InChI is InChI=1S/C18H17FN4O5/c1-7-6-23-12-9(3-10-5-20-28-13(10)11(12)19)4-18(14(23)8(2)27-7)15(24)21-17(26)22-16(18)25/h3,5,7-8,14H,4,6H2,1-2H3,(H2,21,22,24,25,26). The Kier molecular flexibility index (Phi) is 3.36. The molecule has 3 aliphatic rings. The molecule has 0 bridgehead atoms. The van der Waals surface area contributed by atoms with Gasteiger partial charge in [-0.15, -0.1) is 0 Å². The molecule has 1 aromatic carbocycles. The molecule has 2 N–H and O–H groups in total. The summed E-state index contributed by atoms with van der Waals surface area (Å²) in [5.74, 6) is -2.01. The zero-order valence-corrected chi connectivity index (χ0v) is 15.1. The maximum Gasteiger partial charge on any atom is 0.328 e. The Morgan fingerprint density at radius 3 is 2.68 bits per heavy atom. The van der Waals surface area contributed by atoms with Gasteiger partial charge in [0.2, 0.25) is 17.4 Å². The Balaban J connectivity index is 1.78. The van der Waals surface area contributed by atoms with E-state index in [9.17, 15) is 14.4 Å². The average Bonchev–Trinajstić information content (AvgIpc) is 3.07. The number of anilines is 1. The number of carbonyl (C=O) groups excluding carboxylic acids is 3. The van der Waals surface area contributed by atoms with Crippen LogP contribution in [0.3, 0.4) is 0 Å². The summed E-state index contributed by atoms with van der Waals surface area (Å²) in [6, 6.07) is 0.0137. The summed E-state index contributed by atoms with van der Waals surface area (Å²) in [7, 11) is 0. The monoisotopic (exact) mass is 388 g/mol. The Hall–Kier alpha value is -3.01. The van der Waals surface area contributed by atoms with E-state index in [1.807, 2.05) is 6.92 Å². The van der Waals surface area contributed by atoms with Crippen LogP contribution in [0.2, 0.25) is 0 Å². The first-order valence-electron chi connectivity index (χ1n) is 8.97. The van der Waals surface area contributed by atoms with Crippen molar-refractivity contribution < 1.29 is 28.0 Å². The lowest BCUT2D eigenvalue weighted by molar-refractivity contribution is -0.153. The van der Waals surface area contributed by atoms with Crippen LogP contribution in [0, 0.1) is 11.2 Å². The maximum atomic E-state index is 15.3.